The van der Waals surface area contributed by atoms with Crippen LogP contribution >= 0.6 is 11.6 Å². The summed E-state index contributed by atoms with van der Waals surface area (Å²) in [6.07, 6.45) is -8.24. The first-order chi connectivity index (χ1) is 16.4. The predicted molar refractivity (Wildman–Crippen MR) is 116 cm³/mol. The highest BCUT2D eigenvalue weighted by atomic mass is 35.5. The van der Waals surface area contributed by atoms with E-state index in [1.165, 1.54) is 17.0 Å². The number of aromatic nitrogens is 4. The summed E-state index contributed by atoms with van der Waals surface area (Å²) in [6, 6.07) is 4.68. The molecule has 2 aromatic heterocycles. The summed E-state index contributed by atoms with van der Waals surface area (Å²) in [4.78, 5) is 5.35. The molecular formula is C21H18ClF6N7. The van der Waals surface area contributed by atoms with Gasteiger partial charge < -0.3 is 14.9 Å². The minimum atomic E-state index is -4.65. The third-order valence-electron chi connectivity index (χ3n) is 5.22. The van der Waals surface area contributed by atoms with Gasteiger partial charge in [0.2, 0.25) is 0 Å². The number of nitrogens with one attached hydrogen (secondary N) is 2. The van der Waals surface area contributed by atoms with Crippen LogP contribution in [0, 0.1) is 10.8 Å². The van der Waals surface area contributed by atoms with E-state index in [0.717, 1.165) is 24.4 Å². The number of alkyl halides is 6. The zero-order chi connectivity index (χ0) is 26.1. The number of rotatable bonds is 2. The average molecular weight is 518 g/mol. The molecule has 1 unspecified atom stereocenters. The number of pyridine rings is 1. The van der Waals surface area contributed by atoms with Crippen molar-refractivity contribution in [2.45, 2.75) is 31.9 Å². The van der Waals surface area contributed by atoms with Gasteiger partial charge in [-0.25, -0.2) is 0 Å². The maximum atomic E-state index is 13.3. The van der Waals surface area contributed by atoms with E-state index in [0.29, 0.717) is 5.82 Å². The molecular weight excluding hydrogens is 500 g/mol. The second-order valence-electron chi connectivity index (χ2n) is 7.48. The van der Waals surface area contributed by atoms with Crippen LogP contribution in [0.5, 0.6) is 0 Å². The SMILES string of the molecule is C=N.CC1CN(C(=N)c2cc(C(F)(F)F)ccn2)Cc2nnc(-c3cccc(C(F)(F)F)c3Cl)n21. The Hall–Kier alpha value is -3.48. The van der Waals surface area contributed by atoms with Gasteiger partial charge in [-0.1, -0.05) is 17.7 Å². The van der Waals surface area contributed by atoms with Crippen molar-refractivity contribution in [1.29, 1.82) is 10.8 Å². The molecule has 0 spiro atoms. The van der Waals surface area contributed by atoms with E-state index in [-0.39, 0.29) is 36.0 Å². The molecule has 0 radical (unpaired) electrons. The highest BCUT2D eigenvalue weighted by molar-refractivity contribution is 6.34. The number of nitrogens with zero attached hydrogens (tertiary/aromatic N) is 5. The summed E-state index contributed by atoms with van der Waals surface area (Å²) in [6.45, 7) is 4.41. The van der Waals surface area contributed by atoms with E-state index in [1.807, 2.05) is 0 Å². The van der Waals surface area contributed by atoms with E-state index in [4.69, 9.17) is 22.4 Å². The van der Waals surface area contributed by atoms with E-state index < -0.39 is 34.5 Å². The number of amidine groups is 1. The van der Waals surface area contributed by atoms with Gasteiger partial charge in [0, 0.05) is 18.3 Å². The lowest BCUT2D eigenvalue weighted by atomic mass is 10.1. The third kappa shape index (κ3) is 5.14. The molecule has 0 aliphatic carbocycles. The van der Waals surface area contributed by atoms with Crippen molar-refractivity contribution in [3.05, 3.63) is 64.2 Å². The molecule has 14 heteroatoms. The number of halogens is 7. The summed E-state index contributed by atoms with van der Waals surface area (Å²) in [5.74, 6) is 0.228. The van der Waals surface area contributed by atoms with Crippen LogP contribution in [0.15, 0.2) is 36.5 Å². The Balaban J connectivity index is 0.00000167. The molecule has 7 nitrogen and oxygen atoms in total. The highest BCUT2D eigenvalue weighted by Crippen LogP contribution is 2.40. The summed E-state index contributed by atoms with van der Waals surface area (Å²) in [5.41, 5.74) is -2.03. The molecule has 1 aliphatic rings. The van der Waals surface area contributed by atoms with Crippen LogP contribution in [0.3, 0.4) is 0 Å². The molecule has 35 heavy (non-hydrogen) atoms. The standard InChI is InChI=1S/C20H15ClF6N6.CH3N/c1-10-8-32(17(28)14-7-11(5-6-29-14)19(22,23)24)9-15-30-31-18(33(10)15)12-3-2-4-13(16(12)21)20(25,26)27;1-2/h2-7,10,28H,8-9H2,1H3;2H,1H2. The van der Waals surface area contributed by atoms with E-state index in [9.17, 15) is 26.3 Å². The first-order valence-electron chi connectivity index (χ1n) is 9.90. The lowest BCUT2D eigenvalue weighted by Crippen LogP contribution is -2.41. The maximum absolute atomic E-state index is 13.3. The van der Waals surface area contributed by atoms with E-state index >= 15 is 0 Å². The Bertz CT molecular complexity index is 1240. The van der Waals surface area contributed by atoms with Crippen molar-refractivity contribution in [1.82, 2.24) is 24.6 Å². The third-order valence-corrected chi connectivity index (χ3v) is 5.62. The zero-order valence-corrected chi connectivity index (χ0v) is 18.8. The van der Waals surface area contributed by atoms with Gasteiger partial charge in [-0.05, 0) is 37.9 Å². The van der Waals surface area contributed by atoms with Gasteiger partial charge >= 0.3 is 12.4 Å². The Morgan fingerprint density at radius 3 is 2.40 bits per heavy atom. The lowest BCUT2D eigenvalue weighted by Gasteiger charge is -2.34. The van der Waals surface area contributed by atoms with E-state index in [1.54, 1.807) is 11.5 Å². The van der Waals surface area contributed by atoms with Crippen molar-refractivity contribution in [3.8, 4) is 11.4 Å². The topological polar surface area (TPSA) is 94.5 Å². The van der Waals surface area contributed by atoms with Crippen molar-refractivity contribution >= 4 is 24.2 Å². The lowest BCUT2D eigenvalue weighted by molar-refractivity contribution is -0.138. The first kappa shape index (κ1) is 26.1. The molecule has 0 bridgehead atoms. The van der Waals surface area contributed by atoms with Crippen molar-refractivity contribution in [2.75, 3.05) is 6.54 Å². The molecule has 0 saturated carbocycles. The van der Waals surface area contributed by atoms with Gasteiger partial charge in [0.15, 0.2) is 11.6 Å². The van der Waals surface area contributed by atoms with Gasteiger partial charge in [0.25, 0.3) is 0 Å². The Morgan fingerprint density at radius 1 is 1.09 bits per heavy atom. The first-order valence-corrected chi connectivity index (χ1v) is 10.3. The van der Waals surface area contributed by atoms with Gasteiger partial charge in [-0.15, -0.1) is 10.2 Å². The van der Waals surface area contributed by atoms with Crippen LogP contribution in [0.2, 0.25) is 5.02 Å². The minimum Gasteiger partial charge on any atom is -0.346 e. The van der Waals surface area contributed by atoms with Gasteiger partial charge in [0.05, 0.1) is 28.7 Å². The van der Waals surface area contributed by atoms with Crippen molar-refractivity contribution in [2.24, 2.45) is 0 Å². The molecule has 2 N–H and O–H groups in total. The summed E-state index contributed by atoms with van der Waals surface area (Å²) < 4.78 is 80.4. The fourth-order valence-corrected chi connectivity index (χ4v) is 4.02. The molecule has 1 aromatic carbocycles. The minimum absolute atomic E-state index is 0.00464. The van der Waals surface area contributed by atoms with Gasteiger partial charge in [0.1, 0.15) is 11.5 Å². The molecule has 0 saturated heterocycles. The summed E-state index contributed by atoms with van der Waals surface area (Å²) in [5, 5.41) is 21.4. The Morgan fingerprint density at radius 2 is 1.77 bits per heavy atom. The average Bonchev–Trinajstić information content (AvgIpc) is 3.23. The number of fused-ring (bicyclic) bond motifs is 1. The van der Waals surface area contributed by atoms with Crippen LogP contribution < -0.4 is 0 Å². The monoisotopic (exact) mass is 517 g/mol. The molecule has 0 amide bonds. The molecule has 0 fully saturated rings. The molecule has 3 heterocycles. The number of hydrogen-bond donors (Lipinski definition) is 2. The molecule has 4 rings (SSSR count). The second kappa shape index (κ2) is 9.64. The second-order valence-corrected chi connectivity index (χ2v) is 7.86. The van der Waals surface area contributed by atoms with Gasteiger partial charge in [-0.2, -0.15) is 26.3 Å². The normalized spacial score (nSPS) is 15.8. The number of benzene rings is 1. The smallest absolute Gasteiger partial charge is 0.346 e. The largest absolute Gasteiger partial charge is 0.417 e. The van der Waals surface area contributed by atoms with Crippen LogP contribution in [-0.2, 0) is 18.9 Å². The Kier molecular flexibility index (Phi) is 7.20. The zero-order valence-electron chi connectivity index (χ0n) is 18.0. The highest BCUT2D eigenvalue weighted by Gasteiger charge is 2.36. The van der Waals surface area contributed by atoms with Crippen LogP contribution in [0.25, 0.3) is 11.4 Å². The number of hydrogen-bond acceptors (Lipinski definition) is 5. The fraction of sp³-hybridized carbons (Fsp3) is 0.286. The molecule has 3 aromatic rings. The fourth-order valence-electron chi connectivity index (χ4n) is 3.71. The van der Waals surface area contributed by atoms with E-state index in [2.05, 4.69) is 21.9 Å². The van der Waals surface area contributed by atoms with Crippen molar-refractivity contribution < 1.29 is 26.3 Å². The summed E-state index contributed by atoms with van der Waals surface area (Å²) >= 11 is 6.04. The molecule has 186 valence electrons. The summed E-state index contributed by atoms with van der Waals surface area (Å²) in [7, 11) is 0. The van der Waals surface area contributed by atoms with Crippen LogP contribution in [0.4, 0.5) is 26.3 Å². The molecule has 1 aliphatic heterocycles. The predicted octanol–water partition coefficient (Wildman–Crippen LogP) is 5.70. The van der Waals surface area contributed by atoms with Crippen LogP contribution in [-0.4, -0.2) is 43.7 Å². The maximum Gasteiger partial charge on any atom is 0.417 e. The quantitative estimate of drug-likeness (QED) is 0.259. The van der Waals surface area contributed by atoms with Gasteiger partial charge in [-0.3, -0.25) is 10.4 Å². The Labute approximate surface area is 200 Å². The van der Waals surface area contributed by atoms with Crippen LogP contribution in [0.1, 0.15) is 35.6 Å². The molecule has 1 atom stereocenters. The van der Waals surface area contributed by atoms with Crippen molar-refractivity contribution in [3.63, 3.8) is 0 Å².